The summed E-state index contributed by atoms with van der Waals surface area (Å²) in [6, 6.07) is 11.2. The molecule has 2 heterocycles. The second-order valence-corrected chi connectivity index (χ2v) is 6.21. The molecule has 1 saturated carbocycles. The van der Waals surface area contributed by atoms with E-state index in [0.717, 1.165) is 24.1 Å². The summed E-state index contributed by atoms with van der Waals surface area (Å²) >= 11 is 0. The Bertz CT molecular complexity index is 965. The summed E-state index contributed by atoms with van der Waals surface area (Å²) in [4.78, 5) is 25.0. The van der Waals surface area contributed by atoms with Crippen molar-refractivity contribution in [3.63, 3.8) is 0 Å². The molecule has 1 fully saturated rings. The van der Waals surface area contributed by atoms with Crippen molar-refractivity contribution < 1.29 is 9.21 Å². The second-order valence-electron chi connectivity index (χ2n) is 6.21. The van der Waals surface area contributed by atoms with Gasteiger partial charge in [-0.05, 0) is 43.5 Å². The number of carbonyl (C=O) groups excluding carboxylic acids is 1. The minimum absolute atomic E-state index is 0.138. The van der Waals surface area contributed by atoms with Crippen LogP contribution in [0.15, 0.2) is 51.9 Å². The van der Waals surface area contributed by atoms with E-state index in [1.165, 1.54) is 4.68 Å². The van der Waals surface area contributed by atoms with Gasteiger partial charge in [0.1, 0.15) is 6.54 Å². The van der Waals surface area contributed by atoms with Gasteiger partial charge in [0.05, 0.1) is 6.26 Å². The van der Waals surface area contributed by atoms with Crippen LogP contribution in [-0.4, -0.2) is 20.3 Å². The number of nitrogens with zero attached hydrogens (tertiary/aromatic N) is 3. The van der Waals surface area contributed by atoms with Crippen LogP contribution in [0.4, 0.5) is 5.69 Å². The molecule has 0 spiro atoms. The normalized spacial score (nSPS) is 13.8. The molecule has 3 aromatic rings. The van der Waals surface area contributed by atoms with Crippen LogP contribution in [0, 0.1) is 6.92 Å². The number of rotatable bonds is 5. The van der Waals surface area contributed by atoms with Gasteiger partial charge in [-0.1, -0.05) is 18.2 Å². The molecule has 1 aliphatic carbocycles. The van der Waals surface area contributed by atoms with E-state index < -0.39 is 0 Å². The molecular formula is C18H18N4O3. The Labute approximate surface area is 143 Å². The number of anilines is 1. The van der Waals surface area contributed by atoms with Crippen LogP contribution in [0.2, 0.25) is 0 Å². The molecule has 0 radical (unpaired) electrons. The number of furan rings is 1. The van der Waals surface area contributed by atoms with Crippen LogP contribution >= 0.6 is 0 Å². The highest BCUT2D eigenvalue weighted by molar-refractivity contribution is 5.91. The van der Waals surface area contributed by atoms with Crippen molar-refractivity contribution in [3.8, 4) is 11.6 Å². The summed E-state index contributed by atoms with van der Waals surface area (Å²) in [5.74, 6) is 0.714. The number of aryl methyl sites for hydroxylation is 1. The molecule has 2 aromatic heterocycles. The van der Waals surface area contributed by atoms with Crippen molar-refractivity contribution in [2.75, 3.05) is 5.32 Å². The Morgan fingerprint density at radius 3 is 2.76 bits per heavy atom. The molecule has 0 unspecified atom stereocenters. The van der Waals surface area contributed by atoms with Crippen LogP contribution in [0.1, 0.15) is 24.4 Å². The van der Waals surface area contributed by atoms with Gasteiger partial charge in [0.25, 0.3) is 0 Å². The van der Waals surface area contributed by atoms with Crippen LogP contribution in [0.5, 0.6) is 0 Å². The summed E-state index contributed by atoms with van der Waals surface area (Å²) in [6.45, 7) is 1.78. The molecule has 25 heavy (non-hydrogen) atoms. The molecule has 1 aromatic carbocycles. The van der Waals surface area contributed by atoms with Gasteiger partial charge in [-0.25, -0.2) is 9.48 Å². The summed E-state index contributed by atoms with van der Waals surface area (Å²) in [5, 5.41) is 7.15. The topological polar surface area (TPSA) is 82.1 Å². The predicted molar refractivity (Wildman–Crippen MR) is 92.3 cm³/mol. The molecule has 1 N–H and O–H groups in total. The maximum absolute atomic E-state index is 12.7. The van der Waals surface area contributed by atoms with E-state index in [2.05, 4.69) is 10.4 Å². The average molecular weight is 338 g/mol. The first-order valence-corrected chi connectivity index (χ1v) is 8.22. The van der Waals surface area contributed by atoms with Gasteiger partial charge in [-0.15, -0.1) is 5.10 Å². The van der Waals surface area contributed by atoms with Crippen LogP contribution in [-0.2, 0) is 11.3 Å². The summed E-state index contributed by atoms with van der Waals surface area (Å²) < 4.78 is 8.21. The first-order valence-electron chi connectivity index (χ1n) is 8.22. The van der Waals surface area contributed by atoms with E-state index >= 15 is 0 Å². The molecule has 0 saturated heterocycles. The SMILES string of the molecule is Cc1ccccc1NC(=O)Cn1nc(-c2ccco2)n(C2CC2)c1=O. The largest absolute Gasteiger partial charge is 0.461 e. The average Bonchev–Trinajstić information content (AvgIpc) is 3.17. The number of hydrogen-bond acceptors (Lipinski definition) is 4. The maximum Gasteiger partial charge on any atom is 0.347 e. The van der Waals surface area contributed by atoms with Gasteiger partial charge >= 0.3 is 5.69 Å². The lowest BCUT2D eigenvalue weighted by atomic mass is 10.2. The zero-order chi connectivity index (χ0) is 17.4. The Morgan fingerprint density at radius 2 is 2.08 bits per heavy atom. The summed E-state index contributed by atoms with van der Waals surface area (Å²) in [5.41, 5.74) is 1.41. The maximum atomic E-state index is 12.7. The third-order valence-electron chi connectivity index (χ3n) is 4.24. The fraction of sp³-hybridized carbons (Fsp3) is 0.278. The lowest BCUT2D eigenvalue weighted by Gasteiger charge is -2.07. The van der Waals surface area contributed by atoms with E-state index in [0.29, 0.717) is 11.6 Å². The summed E-state index contributed by atoms with van der Waals surface area (Å²) in [7, 11) is 0. The smallest absolute Gasteiger partial charge is 0.347 e. The van der Waals surface area contributed by atoms with E-state index in [4.69, 9.17) is 4.42 Å². The van der Waals surface area contributed by atoms with Crippen LogP contribution in [0.25, 0.3) is 11.6 Å². The Hall–Kier alpha value is -3.09. The number of para-hydroxylation sites is 1. The Kier molecular flexibility index (Phi) is 3.76. The zero-order valence-electron chi connectivity index (χ0n) is 13.8. The fourth-order valence-electron chi connectivity index (χ4n) is 2.80. The van der Waals surface area contributed by atoms with Crippen molar-refractivity contribution in [2.24, 2.45) is 0 Å². The van der Waals surface area contributed by atoms with Gasteiger partial charge < -0.3 is 9.73 Å². The highest BCUT2D eigenvalue weighted by atomic mass is 16.3. The van der Waals surface area contributed by atoms with E-state index in [9.17, 15) is 9.59 Å². The molecule has 128 valence electrons. The number of hydrogen-bond donors (Lipinski definition) is 1. The monoisotopic (exact) mass is 338 g/mol. The van der Waals surface area contributed by atoms with E-state index in [-0.39, 0.29) is 24.2 Å². The van der Waals surface area contributed by atoms with Gasteiger partial charge in [-0.3, -0.25) is 9.36 Å². The lowest BCUT2D eigenvalue weighted by Crippen LogP contribution is -2.30. The zero-order valence-corrected chi connectivity index (χ0v) is 13.8. The molecule has 4 rings (SSSR count). The molecule has 7 nitrogen and oxygen atoms in total. The predicted octanol–water partition coefficient (Wildman–Crippen LogP) is 2.59. The fourth-order valence-corrected chi connectivity index (χ4v) is 2.80. The minimum Gasteiger partial charge on any atom is -0.461 e. The van der Waals surface area contributed by atoms with Gasteiger partial charge in [0.15, 0.2) is 5.76 Å². The van der Waals surface area contributed by atoms with E-state index in [1.54, 1.807) is 23.0 Å². The number of amides is 1. The second kappa shape index (κ2) is 6.08. The quantitative estimate of drug-likeness (QED) is 0.775. The molecule has 0 bridgehead atoms. The van der Waals surface area contributed by atoms with E-state index in [1.807, 2.05) is 31.2 Å². The van der Waals surface area contributed by atoms with Gasteiger partial charge in [0, 0.05) is 11.7 Å². The van der Waals surface area contributed by atoms with Crippen molar-refractivity contribution >= 4 is 11.6 Å². The molecule has 0 atom stereocenters. The standard InChI is InChI=1S/C18H18N4O3/c1-12-5-2-3-6-14(12)19-16(23)11-21-18(24)22(13-8-9-13)17(20-21)15-7-4-10-25-15/h2-7,10,13H,8-9,11H2,1H3,(H,19,23). The number of aromatic nitrogens is 3. The number of benzene rings is 1. The highest BCUT2D eigenvalue weighted by Gasteiger charge is 2.31. The third-order valence-corrected chi connectivity index (χ3v) is 4.24. The molecule has 1 aliphatic rings. The minimum atomic E-state index is -0.289. The molecule has 7 heteroatoms. The third kappa shape index (κ3) is 3.00. The van der Waals surface area contributed by atoms with Crippen molar-refractivity contribution in [1.82, 2.24) is 14.3 Å². The Morgan fingerprint density at radius 1 is 1.28 bits per heavy atom. The first kappa shape index (κ1) is 15.4. The van der Waals surface area contributed by atoms with Crippen molar-refractivity contribution in [3.05, 3.63) is 58.7 Å². The Balaban J connectivity index is 1.61. The highest BCUT2D eigenvalue weighted by Crippen LogP contribution is 2.36. The molecule has 0 aliphatic heterocycles. The van der Waals surface area contributed by atoms with Gasteiger partial charge in [0.2, 0.25) is 11.7 Å². The number of nitrogens with one attached hydrogen (secondary N) is 1. The van der Waals surface area contributed by atoms with Crippen molar-refractivity contribution in [1.29, 1.82) is 0 Å². The van der Waals surface area contributed by atoms with Crippen molar-refractivity contribution in [2.45, 2.75) is 32.4 Å². The molecular weight excluding hydrogens is 320 g/mol. The van der Waals surface area contributed by atoms with Crippen LogP contribution in [0.3, 0.4) is 0 Å². The van der Waals surface area contributed by atoms with Gasteiger partial charge in [-0.2, -0.15) is 0 Å². The molecule has 1 amide bonds. The number of carbonyl (C=O) groups is 1. The summed E-state index contributed by atoms with van der Waals surface area (Å²) in [6.07, 6.45) is 3.42. The van der Waals surface area contributed by atoms with Crippen LogP contribution < -0.4 is 11.0 Å². The lowest BCUT2D eigenvalue weighted by molar-refractivity contribution is -0.117. The first-order chi connectivity index (χ1) is 12.1.